The van der Waals surface area contributed by atoms with Crippen LogP contribution in [0.4, 0.5) is 5.69 Å². The van der Waals surface area contributed by atoms with Gasteiger partial charge in [-0.15, -0.1) is 0 Å². The summed E-state index contributed by atoms with van der Waals surface area (Å²) >= 11 is 0. The average Bonchev–Trinajstić information content (AvgIpc) is 2.91. The Morgan fingerprint density at radius 3 is 2.48 bits per heavy atom. The maximum absolute atomic E-state index is 12.3. The van der Waals surface area contributed by atoms with Gasteiger partial charge in [0.15, 0.2) is 6.61 Å². The molecule has 0 radical (unpaired) electrons. The van der Waals surface area contributed by atoms with Gasteiger partial charge in [-0.1, -0.05) is 12.1 Å². The molecule has 3 rings (SSSR count). The summed E-state index contributed by atoms with van der Waals surface area (Å²) in [6, 6.07) is 6.37. The lowest BCUT2D eigenvalue weighted by Gasteiger charge is -2.30. The first-order chi connectivity index (χ1) is 10.1. The molecule has 2 saturated heterocycles. The molecule has 0 aliphatic carbocycles. The number of anilines is 1. The van der Waals surface area contributed by atoms with Crippen LogP contribution < -0.4 is 9.64 Å². The number of carboxylic acids is 1. The molecule has 2 atom stereocenters. The summed E-state index contributed by atoms with van der Waals surface area (Å²) in [7, 11) is 0. The summed E-state index contributed by atoms with van der Waals surface area (Å²) < 4.78 is 10.5. The zero-order chi connectivity index (χ0) is 15.0. The first-order valence-corrected chi connectivity index (χ1v) is 6.55. The van der Waals surface area contributed by atoms with E-state index in [1.54, 1.807) is 18.2 Å². The van der Waals surface area contributed by atoms with Gasteiger partial charge in [0.2, 0.25) is 0 Å². The van der Waals surface area contributed by atoms with E-state index in [9.17, 15) is 14.4 Å². The molecule has 2 bridgehead atoms. The number of hydrogen-bond acceptors (Lipinski definition) is 5. The van der Waals surface area contributed by atoms with E-state index in [1.165, 1.54) is 6.07 Å². The second-order valence-electron chi connectivity index (χ2n) is 4.85. The highest BCUT2D eigenvalue weighted by molar-refractivity contribution is 6.20. The lowest BCUT2D eigenvalue weighted by Crippen LogP contribution is -2.52. The third kappa shape index (κ3) is 2.36. The van der Waals surface area contributed by atoms with E-state index >= 15 is 0 Å². The third-order valence-corrected chi connectivity index (χ3v) is 3.47. The number of para-hydroxylation sites is 2. The van der Waals surface area contributed by atoms with Crippen LogP contribution in [0.1, 0.15) is 12.8 Å². The van der Waals surface area contributed by atoms with E-state index in [-0.39, 0.29) is 11.4 Å². The zero-order valence-corrected chi connectivity index (χ0v) is 11.0. The highest BCUT2D eigenvalue weighted by Gasteiger charge is 2.47. The number of aliphatic carboxylic acids is 1. The summed E-state index contributed by atoms with van der Waals surface area (Å²) in [5.41, 5.74) is 0.258. The van der Waals surface area contributed by atoms with Gasteiger partial charge < -0.3 is 14.6 Å². The van der Waals surface area contributed by atoms with Crippen molar-refractivity contribution in [1.29, 1.82) is 0 Å². The third-order valence-electron chi connectivity index (χ3n) is 3.47. The average molecular weight is 291 g/mol. The van der Waals surface area contributed by atoms with Crippen molar-refractivity contribution in [2.24, 2.45) is 0 Å². The molecule has 2 unspecified atom stereocenters. The number of benzene rings is 1. The Kier molecular flexibility index (Phi) is 3.34. The van der Waals surface area contributed by atoms with Crippen LogP contribution in [0.3, 0.4) is 0 Å². The molecule has 1 N–H and O–H groups in total. The lowest BCUT2D eigenvalue weighted by molar-refractivity contribution is -0.146. The molecule has 1 aromatic rings. The topological polar surface area (TPSA) is 93.1 Å². The molecular formula is C14H13NO6. The van der Waals surface area contributed by atoms with Crippen LogP contribution in [0.15, 0.2) is 24.3 Å². The van der Waals surface area contributed by atoms with Crippen LogP contribution in [-0.2, 0) is 19.1 Å². The predicted octanol–water partition coefficient (Wildman–Crippen LogP) is 0.571. The molecule has 1 aromatic carbocycles. The maximum Gasteiger partial charge on any atom is 0.341 e. The van der Waals surface area contributed by atoms with Crippen molar-refractivity contribution in [2.45, 2.75) is 25.0 Å². The van der Waals surface area contributed by atoms with E-state index in [2.05, 4.69) is 0 Å². The van der Waals surface area contributed by atoms with Crippen LogP contribution in [0.5, 0.6) is 5.75 Å². The van der Waals surface area contributed by atoms with Crippen molar-refractivity contribution < 1.29 is 29.0 Å². The van der Waals surface area contributed by atoms with E-state index < -0.39 is 36.6 Å². The quantitative estimate of drug-likeness (QED) is 0.815. The van der Waals surface area contributed by atoms with Crippen molar-refractivity contribution in [1.82, 2.24) is 0 Å². The van der Waals surface area contributed by atoms with Crippen LogP contribution in [0, 0.1) is 0 Å². The Labute approximate surface area is 120 Å². The number of hydrogen-bond donors (Lipinski definition) is 1. The molecule has 7 heteroatoms. The summed E-state index contributed by atoms with van der Waals surface area (Å²) in [6.07, 6.45) is -0.186. The zero-order valence-electron chi connectivity index (χ0n) is 11.0. The molecular weight excluding hydrogens is 278 g/mol. The monoisotopic (exact) mass is 291 g/mol. The Balaban J connectivity index is 1.94. The number of imide groups is 1. The van der Waals surface area contributed by atoms with Crippen molar-refractivity contribution >= 4 is 23.5 Å². The van der Waals surface area contributed by atoms with Gasteiger partial charge in [0.25, 0.3) is 11.8 Å². The first kappa shape index (κ1) is 13.6. The van der Waals surface area contributed by atoms with Gasteiger partial charge in [-0.05, 0) is 25.0 Å². The lowest BCUT2D eigenvalue weighted by atomic mass is 10.2. The normalized spacial score (nSPS) is 24.3. The number of fused-ring (bicyclic) bond motifs is 2. The van der Waals surface area contributed by atoms with Gasteiger partial charge in [-0.2, -0.15) is 0 Å². The fourth-order valence-electron chi connectivity index (χ4n) is 2.54. The molecule has 0 aromatic heterocycles. The number of nitrogens with zero attached hydrogens (tertiary/aromatic N) is 1. The van der Waals surface area contributed by atoms with Gasteiger partial charge >= 0.3 is 5.97 Å². The second kappa shape index (κ2) is 5.17. The molecule has 7 nitrogen and oxygen atoms in total. The van der Waals surface area contributed by atoms with Gasteiger partial charge in [0.05, 0.1) is 5.69 Å². The minimum absolute atomic E-state index is 0.183. The summed E-state index contributed by atoms with van der Waals surface area (Å²) in [4.78, 5) is 36.2. The predicted molar refractivity (Wildman–Crippen MR) is 70.0 cm³/mol. The fraction of sp³-hybridized carbons (Fsp3) is 0.357. The van der Waals surface area contributed by atoms with Crippen LogP contribution >= 0.6 is 0 Å². The largest absolute Gasteiger partial charge is 0.480 e. The number of amides is 2. The fourth-order valence-corrected chi connectivity index (χ4v) is 2.54. The van der Waals surface area contributed by atoms with E-state index in [1.807, 2.05) is 0 Å². The van der Waals surface area contributed by atoms with Crippen molar-refractivity contribution in [3.63, 3.8) is 0 Å². The molecule has 2 aliphatic rings. The van der Waals surface area contributed by atoms with Crippen LogP contribution in [0.25, 0.3) is 0 Å². The van der Waals surface area contributed by atoms with E-state index in [0.29, 0.717) is 12.8 Å². The molecule has 21 heavy (non-hydrogen) atoms. The SMILES string of the molecule is O=C(O)COc1ccccc1N1C(=O)C2CCC(O2)C1=O. The maximum atomic E-state index is 12.3. The minimum atomic E-state index is -1.13. The second-order valence-corrected chi connectivity index (χ2v) is 4.85. The number of rotatable bonds is 4. The van der Waals surface area contributed by atoms with Crippen molar-refractivity contribution in [2.75, 3.05) is 11.5 Å². The van der Waals surface area contributed by atoms with Crippen LogP contribution in [-0.4, -0.2) is 41.7 Å². The molecule has 0 saturated carbocycles. The van der Waals surface area contributed by atoms with E-state index in [0.717, 1.165) is 4.90 Å². The van der Waals surface area contributed by atoms with Gasteiger partial charge in [0.1, 0.15) is 18.0 Å². The number of carboxylic acid groups (broad SMARTS) is 1. The summed E-state index contributed by atoms with van der Waals surface area (Å²) in [5.74, 6) is -1.81. The number of morpholine rings is 1. The molecule has 2 heterocycles. The molecule has 2 fully saturated rings. The number of carbonyl (C=O) groups is 3. The van der Waals surface area contributed by atoms with Crippen molar-refractivity contribution in [3.8, 4) is 5.75 Å². The number of ether oxygens (including phenoxy) is 2. The smallest absolute Gasteiger partial charge is 0.341 e. The van der Waals surface area contributed by atoms with Crippen LogP contribution in [0.2, 0.25) is 0 Å². The Morgan fingerprint density at radius 1 is 1.24 bits per heavy atom. The highest BCUT2D eigenvalue weighted by Crippen LogP contribution is 2.36. The van der Waals surface area contributed by atoms with Crippen molar-refractivity contribution in [3.05, 3.63) is 24.3 Å². The summed E-state index contributed by atoms with van der Waals surface area (Å²) in [5, 5.41) is 8.68. The Bertz CT molecular complexity index is 591. The van der Waals surface area contributed by atoms with Gasteiger partial charge in [0, 0.05) is 0 Å². The Morgan fingerprint density at radius 2 is 1.86 bits per heavy atom. The molecule has 110 valence electrons. The first-order valence-electron chi connectivity index (χ1n) is 6.55. The summed E-state index contributed by atoms with van der Waals surface area (Å²) in [6.45, 7) is -0.545. The standard InChI is InChI=1S/C14H13NO6/c16-12(17)7-20-9-4-2-1-3-8(9)15-13(18)10-5-6-11(21-10)14(15)19/h1-4,10-11H,5-7H2,(H,16,17). The molecule has 2 amide bonds. The molecule has 2 aliphatic heterocycles. The van der Waals surface area contributed by atoms with E-state index in [4.69, 9.17) is 14.6 Å². The minimum Gasteiger partial charge on any atom is -0.480 e. The van der Waals surface area contributed by atoms with Gasteiger partial charge in [-0.25, -0.2) is 9.69 Å². The Hall–Kier alpha value is -2.41. The molecule has 0 spiro atoms. The highest BCUT2D eigenvalue weighted by atomic mass is 16.5. The number of carbonyl (C=O) groups excluding carboxylic acids is 2. The van der Waals surface area contributed by atoms with Gasteiger partial charge in [-0.3, -0.25) is 9.59 Å².